The van der Waals surface area contributed by atoms with Crippen molar-refractivity contribution >= 4 is 14.2 Å². The fourth-order valence-electron chi connectivity index (χ4n) is 0.226. The lowest BCUT2D eigenvalue weighted by Crippen LogP contribution is -2.22. The van der Waals surface area contributed by atoms with Crippen LogP contribution >= 0.6 is 8.38 Å². The van der Waals surface area contributed by atoms with Crippen LogP contribution in [0.2, 0.25) is 0 Å². The molecule has 4 nitrogen and oxygen atoms in total. The lowest BCUT2D eigenvalue weighted by atomic mass is 10.4. The van der Waals surface area contributed by atoms with Crippen LogP contribution in [0.4, 0.5) is 4.39 Å². The van der Waals surface area contributed by atoms with E-state index in [4.69, 9.17) is 15.5 Å². The van der Waals surface area contributed by atoms with Crippen LogP contribution in [0, 0.1) is 0 Å². The highest BCUT2D eigenvalue weighted by Gasteiger charge is 2.23. The summed E-state index contributed by atoms with van der Waals surface area (Å²) in [5.41, 5.74) is 4.71. The molecule has 1 atom stereocenters. The highest BCUT2D eigenvalue weighted by molar-refractivity contribution is 7.46. The molecule has 0 rings (SSSR count). The molecule has 6 heteroatoms. The maximum absolute atomic E-state index is 12.0. The van der Waals surface area contributed by atoms with Crippen LogP contribution in [0.5, 0.6) is 0 Å². The quantitative estimate of drug-likeness (QED) is 0.461. The van der Waals surface area contributed by atoms with E-state index in [1.54, 1.807) is 0 Å². The molecule has 0 aromatic heterocycles. The van der Waals surface area contributed by atoms with Crippen molar-refractivity contribution in [2.45, 2.75) is 5.91 Å². The second kappa shape index (κ2) is 3.85. The van der Waals surface area contributed by atoms with E-state index in [-0.39, 0.29) is 0 Å². The Labute approximate surface area is 52.4 Å². The van der Waals surface area contributed by atoms with Gasteiger partial charge in [0.15, 0.2) is 5.78 Å². The molecule has 4 N–H and O–H groups in total. The van der Waals surface area contributed by atoms with Crippen molar-refractivity contribution in [2.75, 3.05) is 6.54 Å². The smallest absolute Gasteiger partial charge is 0.227 e. The summed E-state index contributed by atoms with van der Waals surface area (Å²) in [5.74, 6) is -3.18. The number of carbonyl (C=O) groups excluding carboxylic acids is 1. The Morgan fingerprint density at radius 1 is 1.78 bits per heavy atom. The van der Waals surface area contributed by atoms with Gasteiger partial charge < -0.3 is 15.5 Å². The van der Waals surface area contributed by atoms with Crippen LogP contribution in [0.15, 0.2) is 0 Å². The van der Waals surface area contributed by atoms with E-state index in [9.17, 15) is 9.18 Å². The molecule has 0 saturated carbocycles. The van der Waals surface area contributed by atoms with Crippen LogP contribution in [0.3, 0.4) is 0 Å². The maximum atomic E-state index is 12.0. The van der Waals surface area contributed by atoms with E-state index in [0.717, 1.165) is 0 Å². The van der Waals surface area contributed by atoms with Crippen molar-refractivity contribution < 1.29 is 19.0 Å². The van der Waals surface area contributed by atoms with E-state index in [2.05, 4.69) is 0 Å². The number of nitrogens with two attached hydrogens (primary N) is 1. The Morgan fingerprint density at radius 2 is 2.22 bits per heavy atom. The Morgan fingerprint density at radius 3 is 2.33 bits per heavy atom. The van der Waals surface area contributed by atoms with Gasteiger partial charge in [0.25, 0.3) is 0 Å². The molecular weight excluding hydrogens is 148 g/mol. The molecule has 0 saturated heterocycles. The molecule has 0 heterocycles. The van der Waals surface area contributed by atoms with Crippen LogP contribution in [0.1, 0.15) is 0 Å². The summed E-state index contributed by atoms with van der Waals surface area (Å²) in [6.45, 7) is -0.499. The Hall–Kier alpha value is -0.0900. The van der Waals surface area contributed by atoms with E-state index >= 15 is 0 Å². The highest BCUT2D eigenvalue weighted by atomic mass is 31.2. The lowest BCUT2D eigenvalue weighted by Gasteiger charge is -2.04. The van der Waals surface area contributed by atoms with Gasteiger partial charge in [0.1, 0.15) is 0 Å². The van der Waals surface area contributed by atoms with Gasteiger partial charge in [-0.05, 0) is 0 Å². The zero-order chi connectivity index (χ0) is 7.44. The first kappa shape index (κ1) is 8.91. The predicted octanol–water partition coefficient (Wildman–Crippen LogP) is -0.894. The fourth-order valence-corrected chi connectivity index (χ4v) is 0.589. The molecule has 0 aliphatic heterocycles. The van der Waals surface area contributed by atoms with Gasteiger partial charge in [-0.1, -0.05) is 0 Å². The molecular formula is C3H7FNO3P. The average Bonchev–Trinajstić information content (AvgIpc) is 1.84. The van der Waals surface area contributed by atoms with Gasteiger partial charge in [-0.15, -0.1) is 0 Å². The molecule has 54 valence electrons. The summed E-state index contributed by atoms with van der Waals surface area (Å²) in [6, 6.07) is 0. The van der Waals surface area contributed by atoms with E-state index < -0.39 is 26.6 Å². The van der Waals surface area contributed by atoms with Crippen LogP contribution in [-0.4, -0.2) is 28.0 Å². The van der Waals surface area contributed by atoms with Crippen LogP contribution < -0.4 is 5.73 Å². The molecule has 0 aliphatic carbocycles. The van der Waals surface area contributed by atoms with Crippen LogP contribution in [-0.2, 0) is 4.79 Å². The SMILES string of the molecule is NCC(=O)C(F)P(O)O. The number of alkyl halides is 1. The normalized spacial score (nSPS) is 13.9. The van der Waals surface area contributed by atoms with Gasteiger partial charge in [-0.3, -0.25) is 4.79 Å². The van der Waals surface area contributed by atoms with E-state index in [0.29, 0.717) is 0 Å². The monoisotopic (exact) mass is 155 g/mol. The van der Waals surface area contributed by atoms with Crippen LogP contribution in [0.25, 0.3) is 0 Å². The molecule has 0 spiro atoms. The van der Waals surface area contributed by atoms with E-state index in [1.807, 2.05) is 0 Å². The summed E-state index contributed by atoms with van der Waals surface area (Å²) in [4.78, 5) is 26.3. The van der Waals surface area contributed by atoms with Crippen molar-refractivity contribution in [3.05, 3.63) is 0 Å². The molecule has 9 heavy (non-hydrogen) atoms. The topological polar surface area (TPSA) is 83.6 Å². The number of ketones is 1. The van der Waals surface area contributed by atoms with Gasteiger partial charge in [0.05, 0.1) is 6.54 Å². The highest BCUT2D eigenvalue weighted by Crippen LogP contribution is 2.31. The molecule has 0 bridgehead atoms. The molecule has 0 fully saturated rings. The molecule has 0 amide bonds. The minimum absolute atomic E-state index is 0.499. The second-order valence-corrected chi connectivity index (χ2v) is 2.42. The van der Waals surface area contributed by atoms with E-state index in [1.165, 1.54) is 0 Å². The fraction of sp³-hybridized carbons (Fsp3) is 0.667. The molecule has 0 aromatic rings. The number of halogens is 1. The minimum atomic E-state index is -2.80. The largest absolute Gasteiger partial charge is 0.348 e. The molecule has 0 aliphatic rings. The Bertz CT molecular complexity index is 109. The summed E-state index contributed by atoms with van der Waals surface area (Å²) in [5, 5.41) is 0. The number of hydrogen-bond donors (Lipinski definition) is 3. The Kier molecular flexibility index (Phi) is 3.81. The zero-order valence-corrected chi connectivity index (χ0v) is 5.38. The third-order valence-corrected chi connectivity index (χ3v) is 1.36. The number of rotatable bonds is 3. The van der Waals surface area contributed by atoms with Crippen molar-refractivity contribution in [1.29, 1.82) is 0 Å². The van der Waals surface area contributed by atoms with Gasteiger partial charge in [0.2, 0.25) is 14.3 Å². The second-order valence-electron chi connectivity index (χ2n) is 1.33. The summed E-state index contributed by atoms with van der Waals surface area (Å²) >= 11 is 0. The number of Topliss-reactive ketones (excluding diaryl/α,β-unsaturated/α-hetero) is 1. The van der Waals surface area contributed by atoms with Gasteiger partial charge in [-0.25, -0.2) is 4.39 Å². The Balaban J connectivity index is 3.72. The van der Waals surface area contributed by atoms with Gasteiger partial charge in [0, 0.05) is 0 Å². The van der Waals surface area contributed by atoms with Crippen molar-refractivity contribution in [3.8, 4) is 0 Å². The third kappa shape index (κ3) is 2.81. The molecule has 0 aromatic carbocycles. The average molecular weight is 155 g/mol. The number of carbonyl (C=O) groups is 1. The number of hydrogen-bond acceptors (Lipinski definition) is 4. The summed E-state index contributed by atoms with van der Waals surface area (Å²) < 4.78 is 12.0. The zero-order valence-electron chi connectivity index (χ0n) is 4.49. The standard InChI is InChI=1S/C3H7FNO3P/c4-3(9(7)8)2(6)1-5/h3,7-8H,1,5H2. The first-order valence-electron chi connectivity index (χ1n) is 2.13. The predicted molar refractivity (Wildman–Crippen MR) is 30.3 cm³/mol. The van der Waals surface area contributed by atoms with Crippen molar-refractivity contribution in [1.82, 2.24) is 0 Å². The summed E-state index contributed by atoms with van der Waals surface area (Å²) in [6.07, 6.45) is 0. The van der Waals surface area contributed by atoms with Gasteiger partial charge in [-0.2, -0.15) is 0 Å². The third-order valence-electron chi connectivity index (χ3n) is 0.670. The van der Waals surface area contributed by atoms with Crippen molar-refractivity contribution in [3.63, 3.8) is 0 Å². The molecule has 1 unspecified atom stereocenters. The van der Waals surface area contributed by atoms with Crippen molar-refractivity contribution in [2.24, 2.45) is 5.73 Å². The lowest BCUT2D eigenvalue weighted by molar-refractivity contribution is -0.120. The first-order valence-corrected chi connectivity index (χ1v) is 3.45. The summed E-state index contributed by atoms with van der Waals surface area (Å²) in [7, 11) is -2.80. The first-order chi connectivity index (χ1) is 4.09. The maximum Gasteiger partial charge on any atom is 0.227 e. The minimum Gasteiger partial charge on any atom is -0.348 e. The van der Waals surface area contributed by atoms with Gasteiger partial charge >= 0.3 is 0 Å². The molecule has 0 radical (unpaired) electrons.